The summed E-state index contributed by atoms with van der Waals surface area (Å²) in [6, 6.07) is 3.79. The van der Waals surface area contributed by atoms with Crippen molar-refractivity contribution >= 4 is 17.0 Å². The van der Waals surface area contributed by atoms with Gasteiger partial charge in [-0.3, -0.25) is 0 Å². The van der Waals surface area contributed by atoms with Crippen molar-refractivity contribution in [3.05, 3.63) is 40.1 Å². The quantitative estimate of drug-likeness (QED) is 0.874. The average Bonchev–Trinajstić information content (AvgIpc) is 2.87. The molecule has 0 saturated heterocycles. The highest BCUT2D eigenvalue weighted by Gasteiger charge is 2.10. The predicted molar refractivity (Wildman–Crippen MR) is 71.9 cm³/mol. The van der Waals surface area contributed by atoms with E-state index in [1.54, 1.807) is 17.5 Å². The van der Waals surface area contributed by atoms with E-state index in [-0.39, 0.29) is 0 Å². The molecule has 0 atom stereocenters. The van der Waals surface area contributed by atoms with Crippen LogP contribution in [-0.4, -0.2) is 11.6 Å². The van der Waals surface area contributed by atoms with Gasteiger partial charge in [0.25, 0.3) is 0 Å². The molecule has 0 saturated carbocycles. The monoisotopic (exact) mass is 302 g/mol. The molecule has 0 bridgehead atoms. The maximum Gasteiger partial charge on any atom is 0.387 e. The zero-order chi connectivity index (χ0) is 14.5. The fraction of sp³-hybridized carbons (Fsp3) is 0.308. The van der Waals surface area contributed by atoms with Crippen LogP contribution in [0.3, 0.4) is 0 Å². The van der Waals surface area contributed by atoms with Gasteiger partial charge in [-0.1, -0.05) is 6.92 Å². The molecule has 0 radical (unpaired) electrons. The Morgan fingerprint density at radius 2 is 2.20 bits per heavy atom. The van der Waals surface area contributed by atoms with Gasteiger partial charge in [-0.2, -0.15) is 8.78 Å². The minimum atomic E-state index is -3.03. The number of alkyl halides is 2. The molecule has 2 rings (SSSR count). The molecule has 0 unspecified atom stereocenters. The molecule has 2 aromatic rings. The highest BCUT2D eigenvalue weighted by atomic mass is 32.1. The fourth-order valence-electron chi connectivity index (χ4n) is 1.58. The number of anilines is 1. The molecule has 108 valence electrons. The van der Waals surface area contributed by atoms with Crippen LogP contribution in [0.15, 0.2) is 24.4 Å². The Balaban J connectivity index is 1.97. The van der Waals surface area contributed by atoms with Crippen molar-refractivity contribution < 1.29 is 17.9 Å². The molecule has 1 heterocycles. The van der Waals surface area contributed by atoms with E-state index in [4.69, 9.17) is 0 Å². The van der Waals surface area contributed by atoms with Gasteiger partial charge in [0.05, 0.1) is 11.6 Å². The standard InChI is InChI=1S/C13H13F3N2OS/c1-2-12-18-7-9(20-12)6-17-8-3-4-11(10(14)5-8)19-13(15)16/h3-5,7,13,17H,2,6H2,1H3. The molecule has 7 heteroatoms. The van der Waals surface area contributed by atoms with Crippen LogP contribution < -0.4 is 10.1 Å². The van der Waals surface area contributed by atoms with E-state index in [2.05, 4.69) is 15.0 Å². The van der Waals surface area contributed by atoms with E-state index in [1.807, 2.05) is 6.92 Å². The molecule has 20 heavy (non-hydrogen) atoms. The number of nitrogens with one attached hydrogen (secondary N) is 1. The number of halogens is 3. The van der Waals surface area contributed by atoms with E-state index in [0.29, 0.717) is 12.2 Å². The number of aromatic nitrogens is 1. The summed E-state index contributed by atoms with van der Waals surface area (Å²) in [5.41, 5.74) is 0.496. The number of benzene rings is 1. The van der Waals surface area contributed by atoms with E-state index >= 15 is 0 Å². The van der Waals surface area contributed by atoms with Gasteiger partial charge in [0, 0.05) is 22.8 Å². The summed E-state index contributed by atoms with van der Waals surface area (Å²) in [5.74, 6) is -1.29. The third-order valence-corrected chi connectivity index (χ3v) is 3.66. The van der Waals surface area contributed by atoms with Gasteiger partial charge in [0.2, 0.25) is 0 Å². The second-order valence-electron chi connectivity index (χ2n) is 3.95. The summed E-state index contributed by atoms with van der Waals surface area (Å²) in [4.78, 5) is 5.24. The molecule has 0 amide bonds. The third kappa shape index (κ3) is 3.86. The average molecular weight is 302 g/mol. The first kappa shape index (κ1) is 14.6. The summed E-state index contributed by atoms with van der Waals surface area (Å²) in [5, 5.41) is 4.04. The van der Waals surface area contributed by atoms with E-state index in [9.17, 15) is 13.2 Å². The molecule has 0 aliphatic rings. The molecule has 3 nitrogen and oxygen atoms in total. The van der Waals surface area contributed by atoms with Crippen LogP contribution >= 0.6 is 11.3 Å². The summed E-state index contributed by atoms with van der Waals surface area (Å²) < 4.78 is 41.5. The lowest BCUT2D eigenvalue weighted by atomic mass is 10.3. The zero-order valence-electron chi connectivity index (χ0n) is 10.7. The fourth-order valence-corrected chi connectivity index (χ4v) is 2.39. The second kappa shape index (κ2) is 6.60. The zero-order valence-corrected chi connectivity index (χ0v) is 11.5. The molecular weight excluding hydrogens is 289 g/mol. The first-order valence-electron chi connectivity index (χ1n) is 6.00. The largest absolute Gasteiger partial charge is 0.432 e. The normalized spacial score (nSPS) is 10.8. The Morgan fingerprint density at radius 1 is 1.40 bits per heavy atom. The van der Waals surface area contributed by atoms with Crippen molar-refractivity contribution in [3.8, 4) is 5.75 Å². The van der Waals surface area contributed by atoms with Crippen molar-refractivity contribution in [1.29, 1.82) is 0 Å². The number of thiazole rings is 1. The van der Waals surface area contributed by atoms with Gasteiger partial charge in [-0.15, -0.1) is 11.3 Å². The molecule has 1 N–H and O–H groups in total. The van der Waals surface area contributed by atoms with Crippen molar-refractivity contribution in [2.45, 2.75) is 26.5 Å². The Hall–Kier alpha value is -1.76. The number of hydrogen-bond acceptors (Lipinski definition) is 4. The Morgan fingerprint density at radius 3 is 2.80 bits per heavy atom. The molecule has 0 aliphatic heterocycles. The van der Waals surface area contributed by atoms with Gasteiger partial charge >= 0.3 is 6.61 Å². The van der Waals surface area contributed by atoms with Crippen LogP contribution in [0.1, 0.15) is 16.8 Å². The molecule has 0 aliphatic carbocycles. The van der Waals surface area contributed by atoms with Crippen LogP contribution in [0.2, 0.25) is 0 Å². The molecular formula is C13H13F3N2OS. The summed E-state index contributed by atoms with van der Waals surface area (Å²) in [6.07, 6.45) is 2.64. The first-order chi connectivity index (χ1) is 9.58. The minimum absolute atomic E-state index is 0.461. The number of rotatable bonds is 6. The Labute approximate surface area is 118 Å². The molecule has 1 aromatic carbocycles. The van der Waals surface area contributed by atoms with Crippen LogP contribution in [0, 0.1) is 5.82 Å². The Bertz CT molecular complexity index is 574. The lowest BCUT2D eigenvalue weighted by Gasteiger charge is -2.08. The molecule has 1 aromatic heterocycles. The van der Waals surface area contributed by atoms with Crippen LogP contribution in [-0.2, 0) is 13.0 Å². The summed E-state index contributed by atoms with van der Waals surface area (Å²) >= 11 is 1.58. The topological polar surface area (TPSA) is 34.2 Å². The SMILES string of the molecule is CCc1ncc(CNc2ccc(OC(F)F)c(F)c2)s1. The lowest BCUT2D eigenvalue weighted by molar-refractivity contribution is -0.0521. The van der Waals surface area contributed by atoms with Gasteiger partial charge in [0.1, 0.15) is 0 Å². The van der Waals surface area contributed by atoms with E-state index in [1.165, 1.54) is 12.1 Å². The minimum Gasteiger partial charge on any atom is -0.432 e. The smallest absolute Gasteiger partial charge is 0.387 e. The van der Waals surface area contributed by atoms with Gasteiger partial charge < -0.3 is 10.1 Å². The predicted octanol–water partition coefficient (Wildman–Crippen LogP) is 4.06. The molecule has 0 spiro atoms. The number of hydrogen-bond donors (Lipinski definition) is 1. The van der Waals surface area contributed by atoms with Crippen molar-refractivity contribution in [2.24, 2.45) is 0 Å². The van der Waals surface area contributed by atoms with Gasteiger partial charge in [-0.25, -0.2) is 9.37 Å². The van der Waals surface area contributed by atoms with Crippen LogP contribution in [0.4, 0.5) is 18.9 Å². The maximum absolute atomic E-state index is 13.5. The lowest BCUT2D eigenvalue weighted by Crippen LogP contribution is -2.04. The van der Waals surface area contributed by atoms with Gasteiger partial charge in [-0.05, 0) is 18.6 Å². The Kier molecular flexibility index (Phi) is 4.84. The van der Waals surface area contributed by atoms with Crippen LogP contribution in [0.25, 0.3) is 0 Å². The summed E-state index contributed by atoms with van der Waals surface area (Å²) in [7, 11) is 0. The van der Waals surface area contributed by atoms with E-state index < -0.39 is 18.2 Å². The highest BCUT2D eigenvalue weighted by molar-refractivity contribution is 7.11. The van der Waals surface area contributed by atoms with Crippen molar-refractivity contribution in [3.63, 3.8) is 0 Å². The van der Waals surface area contributed by atoms with Gasteiger partial charge in [0.15, 0.2) is 11.6 Å². The third-order valence-electron chi connectivity index (χ3n) is 2.52. The summed E-state index contributed by atoms with van der Waals surface area (Å²) in [6.45, 7) is -0.507. The number of ether oxygens (including phenoxy) is 1. The highest BCUT2D eigenvalue weighted by Crippen LogP contribution is 2.23. The first-order valence-corrected chi connectivity index (χ1v) is 6.82. The van der Waals surface area contributed by atoms with Crippen molar-refractivity contribution in [1.82, 2.24) is 4.98 Å². The van der Waals surface area contributed by atoms with E-state index in [0.717, 1.165) is 22.4 Å². The maximum atomic E-state index is 13.5. The molecule has 0 fully saturated rings. The second-order valence-corrected chi connectivity index (χ2v) is 5.15. The van der Waals surface area contributed by atoms with Crippen molar-refractivity contribution in [2.75, 3.05) is 5.32 Å². The van der Waals surface area contributed by atoms with Crippen LogP contribution in [0.5, 0.6) is 5.75 Å². The number of aryl methyl sites for hydroxylation is 1. The number of nitrogens with zero attached hydrogens (tertiary/aromatic N) is 1.